The van der Waals surface area contributed by atoms with E-state index in [9.17, 15) is 37.1 Å². The molecule has 2 fully saturated rings. The zero-order valence-corrected chi connectivity index (χ0v) is 27.0. The number of nitrogens with one attached hydrogen (secondary N) is 2. The third kappa shape index (κ3) is 6.21. The van der Waals surface area contributed by atoms with Crippen LogP contribution in [0.15, 0.2) is 48.8 Å². The van der Waals surface area contributed by atoms with E-state index in [0.717, 1.165) is 22.7 Å². The summed E-state index contributed by atoms with van der Waals surface area (Å²) in [5, 5.41) is 9.22. The Kier molecular flexibility index (Phi) is 8.21. The van der Waals surface area contributed by atoms with Crippen LogP contribution in [-0.2, 0) is 26.1 Å². The summed E-state index contributed by atoms with van der Waals surface area (Å²) in [7, 11) is 3.17. The highest BCUT2D eigenvalue weighted by molar-refractivity contribution is 6.23. The van der Waals surface area contributed by atoms with Gasteiger partial charge in [-0.2, -0.15) is 18.3 Å². The Morgan fingerprint density at radius 2 is 1.73 bits per heavy atom. The van der Waals surface area contributed by atoms with Crippen LogP contribution in [-0.4, -0.2) is 77.4 Å². The molecule has 0 bridgehead atoms. The number of benzene rings is 2. The van der Waals surface area contributed by atoms with Gasteiger partial charge in [-0.15, -0.1) is 0 Å². The van der Waals surface area contributed by atoms with Crippen LogP contribution in [0.1, 0.15) is 58.5 Å². The van der Waals surface area contributed by atoms with Crippen LogP contribution in [0, 0.1) is 17.8 Å². The molecule has 1 aromatic heterocycles. The number of carbonyl (C=O) groups is 5. The van der Waals surface area contributed by atoms with Crippen LogP contribution in [0.5, 0.6) is 0 Å². The molecule has 12 nitrogen and oxygen atoms in total. The molecule has 1 unspecified atom stereocenters. The van der Waals surface area contributed by atoms with Gasteiger partial charge in [-0.05, 0) is 56.7 Å². The second-order valence-corrected chi connectivity index (χ2v) is 12.9. The van der Waals surface area contributed by atoms with E-state index in [-0.39, 0.29) is 41.3 Å². The van der Waals surface area contributed by atoms with Gasteiger partial charge < -0.3 is 15.1 Å². The highest BCUT2D eigenvalue weighted by Crippen LogP contribution is 2.36. The number of hydrogen-bond acceptors (Lipinski definition) is 8. The molecule has 49 heavy (non-hydrogen) atoms. The van der Waals surface area contributed by atoms with Gasteiger partial charge in [0.25, 0.3) is 17.7 Å². The van der Waals surface area contributed by atoms with Gasteiger partial charge in [-0.1, -0.05) is 11.8 Å². The van der Waals surface area contributed by atoms with Crippen molar-refractivity contribution in [2.45, 2.75) is 44.4 Å². The number of nitrogens with zero attached hydrogens (tertiary/aromatic N) is 5. The van der Waals surface area contributed by atoms with Crippen molar-refractivity contribution < 1.29 is 37.1 Å². The molecule has 2 aromatic carbocycles. The second-order valence-electron chi connectivity index (χ2n) is 12.9. The lowest BCUT2D eigenvalue weighted by Crippen LogP contribution is -2.54. The summed E-state index contributed by atoms with van der Waals surface area (Å²) < 4.78 is 41.2. The number of rotatable bonds is 6. The lowest BCUT2D eigenvalue weighted by atomic mass is 9.98. The molecule has 3 aromatic rings. The molecule has 0 aliphatic carbocycles. The van der Waals surface area contributed by atoms with E-state index < -0.39 is 52.9 Å². The van der Waals surface area contributed by atoms with Gasteiger partial charge in [0.05, 0.1) is 45.7 Å². The summed E-state index contributed by atoms with van der Waals surface area (Å²) in [4.78, 5) is 67.7. The number of anilines is 3. The molecule has 0 spiro atoms. The number of alkyl halides is 3. The molecule has 1 atom stereocenters. The molecule has 0 radical (unpaired) electrons. The molecule has 6 rings (SSSR count). The van der Waals surface area contributed by atoms with Gasteiger partial charge in [0.15, 0.2) is 0 Å². The summed E-state index contributed by atoms with van der Waals surface area (Å²) >= 11 is 0. The fraction of sp³-hybridized carbons (Fsp3) is 0.353. The molecule has 0 saturated carbocycles. The topological polar surface area (TPSA) is 137 Å². The Morgan fingerprint density at radius 1 is 1.02 bits per heavy atom. The first kappa shape index (κ1) is 33.3. The van der Waals surface area contributed by atoms with E-state index in [1.165, 1.54) is 21.8 Å². The standard InChI is InChI=1S/C34H32F3N7O5/c1-33(2,32(49)39-25-10-7-21(34(35,36)37)13-27(25)41(3)4)43-18-19(15-38-43)5-6-20-16-42(17-20)22-8-9-23-24(14-22)31(48)44(30(23)47)26-11-12-28(45)40-29(26)46/h7-10,13-15,18,20,26H,11-12,16-17H2,1-4H3,(H,39,49)(H,40,45,46). The van der Waals surface area contributed by atoms with Gasteiger partial charge >= 0.3 is 6.18 Å². The van der Waals surface area contributed by atoms with Gasteiger partial charge in [0.1, 0.15) is 11.6 Å². The summed E-state index contributed by atoms with van der Waals surface area (Å²) in [6.07, 6.45) is -1.24. The quantitative estimate of drug-likeness (QED) is 0.300. The Morgan fingerprint density at radius 3 is 2.41 bits per heavy atom. The van der Waals surface area contributed by atoms with Gasteiger partial charge in [-0.3, -0.25) is 38.9 Å². The number of aromatic nitrogens is 2. The Labute approximate surface area is 279 Å². The molecule has 5 amide bonds. The smallest absolute Gasteiger partial charge is 0.376 e. The van der Waals surface area contributed by atoms with Gasteiger partial charge in [0, 0.05) is 45.5 Å². The minimum atomic E-state index is -4.52. The maximum Gasteiger partial charge on any atom is 0.416 e. The molecule has 254 valence electrons. The summed E-state index contributed by atoms with van der Waals surface area (Å²) in [5.74, 6) is 3.54. The fourth-order valence-electron chi connectivity index (χ4n) is 5.88. The van der Waals surface area contributed by atoms with Crippen molar-refractivity contribution in [1.29, 1.82) is 0 Å². The third-order valence-corrected chi connectivity index (χ3v) is 8.86. The van der Waals surface area contributed by atoms with Crippen LogP contribution in [0.4, 0.5) is 30.2 Å². The molecule has 3 aliphatic rings. The minimum absolute atomic E-state index is 0.00524. The predicted octanol–water partition coefficient (Wildman–Crippen LogP) is 3.23. The lowest BCUT2D eigenvalue weighted by Gasteiger charge is -2.38. The van der Waals surface area contributed by atoms with Crippen LogP contribution in [0.2, 0.25) is 0 Å². The van der Waals surface area contributed by atoms with E-state index in [1.54, 1.807) is 52.3 Å². The first-order chi connectivity index (χ1) is 23.0. The Balaban J connectivity index is 1.08. The van der Waals surface area contributed by atoms with E-state index >= 15 is 0 Å². The SMILES string of the molecule is CN(C)c1cc(C(F)(F)F)ccc1NC(=O)C(C)(C)n1cc(C#CC2CN(c3ccc4c(c3)C(=O)N(C3CCC(=O)NC3=O)C4=O)C2)cn1. The molecule has 2 saturated heterocycles. The number of imide groups is 2. The van der Waals surface area contributed by atoms with Crippen LogP contribution < -0.4 is 20.4 Å². The summed E-state index contributed by atoms with van der Waals surface area (Å²) in [6, 6.07) is 7.04. The first-order valence-corrected chi connectivity index (χ1v) is 15.4. The Bertz CT molecular complexity index is 1970. The van der Waals surface area contributed by atoms with Crippen molar-refractivity contribution in [1.82, 2.24) is 20.0 Å². The number of halogens is 3. The number of hydrogen-bond donors (Lipinski definition) is 2. The second kappa shape index (κ2) is 12.1. The van der Waals surface area contributed by atoms with E-state index in [4.69, 9.17) is 0 Å². The highest BCUT2D eigenvalue weighted by atomic mass is 19.4. The maximum atomic E-state index is 13.3. The average Bonchev–Trinajstić information content (AvgIpc) is 3.59. The zero-order valence-electron chi connectivity index (χ0n) is 27.0. The van der Waals surface area contributed by atoms with E-state index in [2.05, 4.69) is 27.6 Å². The molecule has 3 aliphatic heterocycles. The van der Waals surface area contributed by atoms with E-state index in [1.807, 2.05) is 4.90 Å². The van der Waals surface area contributed by atoms with Crippen LogP contribution >= 0.6 is 0 Å². The van der Waals surface area contributed by atoms with Crippen molar-refractivity contribution in [3.8, 4) is 11.8 Å². The highest BCUT2D eigenvalue weighted by Gasteiger charge is 2.45. The summed E-state index contributed by atoms with van der Waals surface area (Å²) in [6.45, 7) is 4.39. The summed E-state index contributed by atoms with van der Waals surface area (Å²) in [5.41, 5.74) is 0.110. The molecule has 15 heteroatoms. The van der Waals surface area contributed by atoms with Crippen molar-refractivity contribution in [2.75, 3.05) is 42.3 Å². The lowest BCUT2D eigenvalue weighted by molar-refractivity contribution is -0.138. The van der Waals surface area contributed by atoms with Gasteiger partial charge in [0.2, 0.25) is 11.8 Å². The fourth-order valence-corrected chi connectivity index (χ4v) is 5.88. The van der Waals surface area contributed by atoms with Crippen LogP contribution in [0.25, 0.3) is 0 Å². The van der Waals surface area contributed by atoms with Crippen molar-refractivity contribution in [2.24, 2.45) is 5.92 Å². The minimum Gasteiger partial charge on any atom is -0.376 e. The molecule has 4 heterocycles. The number of fused-ring (bicyclic) bond motifs is 1. The number of piperidine rings is 1. The number of amides is 5. The van der Waals surface area contributed by atoms with Crippen molar-refractivity contribution in [3.63, 3.8) is 0 Å². The first-order valence-electron chi connectivity index (χ1n) is 15.4. The average molecular weight is 676 g/mol. The molecule has 2 N–H and O–H groups in total. The zero-order chi connectivity index (χ0) is 35.4. The van der Waals surface area contributed by atoms with Crippen LogP contribution in [0.3, 0.4) is 0 Å². The third-order valence-electron chi connectivity index (χ3n) is 8.86. The van der Waals surface area contributed by atoms with Gasteiger partial charge in [-0.25, -0.2) is 0 Å². The predicted molar refractivity (Wildman–Crippen MR) is 172 cm³/mol. The monoisotopic (exact) mass is 675 g/mol. The largest absolute Gasteiger partial charge is 0.416 e. The van der Waals surface area contributed by atoms with Crippen molar-refractivity contribution >= 4 is 46.6 Å². The van der Waals surface area contributed by atoms with Crippen molar-refractivity contribution in [3.05, 3.63) is 71.0 Å². The molecular formula is C34H32F3N7O5. The molecular weight excluding hydrogens is 643 g/mol. The number of carbonyl (C=O) groups excluding carboxylic acids is 5. The maximum absolute atomic E-state index is 13.3. The van der Waals surface area contributed by atoms with E-state index in [0.29, 0.717) is 18.7 Å². The Hall–Kier alpha value is -5.65. The normalized spacial score (nSPS) is 18.1.